The molecule has 0 aromatic carbocycles. The van der Waals surface area contributed by atoms with Gasteiger partial charge in [0, 0.05) is 26.1 Å². The Morgan fingerprint density at radius 3 is 1.76 bits per heavy atom. The first-order valence-electron chi connectivity index (χ1n) is 14.2. The van der Waals surface area contributed by atoms with Crippen LogP contribution in [-0.4, -0.2) is 72.2 Å². The zero-order chi connectivity index (χ0) is 34.0. The molecule has 2 fully saturated rings. The number of aliphatic hydroxyl groups is 1. The van der Waals surface area contributed by atoms with Gasteiger partial charge in [0.05, 0.1) is 18.2 Å². The van der Waals surface area contributed by atoms with E-state index in [0.717, 1.165) is 18.8 Å². The summed E-state index contributed by atoms with van der Waals surface area (Å²) in [5.74, 6) is 0.267. The van der Waals surface area contributed by atoms with Crippen molar-refractivity contribution < 1.29 is 24.2 Å². The molecule has 3 N–H and O–H groups in total. The first kappa shape index (κ1) is 50.7. The zero-order valence-electron chi connectivity index (χ0n) is 28.2. The lowest BCUT2D eigenvalue weighted by Crippen LogP contribution is -2.48. The topological polar surface area (TPSA) is 108 Å². The van der Waals surface area contributed by atoms with Gasteiger partial charge in [-0.15, -0.1) is 25.7 Å². The van der Waals surface area contributed by atoms with Gasteiger partial charge in [-0.1, -0.05) is 73.3 Å². The summed E-state index contributed by atoms with van der Waals surface area (Å²) in [5.41, 5.74) is 0.0417. The highest BCUT2D eigenvalue weighted by atomic mass is 16.5. The number of aliphatic hydroxyl groups excluding tert-OH is 1. The van der Waals surface area contributed by atoms with E-state index in [-0.39, 0.29) is 43.0 Å². The van der Waals surface area contributed by atoms with E-state index in [0.29, 0.717) is 6.41 Å². The second-order valence-corrected chi connectivity index (χ2v) is 9.54. The summed E-state index contributed by atoms with van der Waals surface area (Å²) in [4.78, 5) is 35.2. The van der Waals surface area contributed by atoms with Gasteiger partial charge in [0.2, 0.25) is 18.2 Å². The van der Waals surface area contributed by atoms with Crippen LogP contribution in [-0.2, 0) is 19.1 Å². The van der Waals surface area contributed by atoms with E-state index >= 15 is 0 Å². The molecule has 0 radical (unpaired) electrons. The molecule has 0 bridgehead atoms. The molecule has 0 aromatic heterocycles. The van der Waals surface area contributed by atoms with Gasteiger partial charge < -0.3 is 25.4 Å². The maximum absolute atomic E-state index is 11.9. The van der Waals surface area contributed by atoms with E-state index in [1.54, 1.807) is 13.2 Å². The van der Waals surface area contributed by atoms with Crippen LogP contribution in [0.1, 0.15) is 95.4 Å². The summed E-state index contributed by atoms with van der Waals surface area (Å²) in [5, 5.41) is 14.7. The minimum absolute atomic E-state index is 0.0417. The van der Waals surface area contributed by atoms with E-state index in [2.05, 4.69) is 63.7 Å². The fourth-order valence-electron chi connectivity index (χ4n) is 2.23. The number of hydrogen-bond acceptors (Lipinski definition) is 5. The molecule has 2 atom stereocenters. The largest absolute Gasteiger partial charge is 0.391 e. The van der Waals surface area contributed by atoms with Gasteiger partial charge in [-0.25, -0.2) is 0 Å². The number of nitrogens with zero attached hydrogens (tertiary/aromatic N) is 1. The van der Waals surface area contributed by atoms with Gasteiger partial charge >= 0.3 is 0 Å². The molecular weight excluding hydrogens is 518 g/mol. The van der Waals surface area contributed by atoms with Crippen LogP contribution >= 0.6 is 0 Å². The molecule has 1 saturated heterocycles. The highest BCUT2D eigenvalue weighted by Crippen LogP contribution is 2.22. The number of carbonyl (C=O) groups is 3. The zero-order valence-corrected chi connectivity index (χ0v) is 28.2. The number of allylic oxidation sites excluding steroid dienone is 3. The lowest BCUT2D eigenvalue weighted by atomic mass is 10.2. The Hall–Kier alpha value is -3.07. The number of β-amino-alcohol motifs (C(OH)–C–C–N with tert-alkyl or cyclic N) is 1. The molecular formula is C33H63N3O5. The molecule has 1 aliphatic carbocycles. The van der Waals surface area contributed by atoms with Gasteiger partial charge in [-0.05, 0) is 46.5 Å². The maximum Gasteiger partial charge on any atom is 0.243 e. The molecule has 8 nitrogen and oxygen atoms in total. The molecule has 41 heavy (non-hydrogen) atoms. The Bertz CT molecular complexity index is 667. The first-order valence-corrected chi connectivity index (χ1v) is 14.2. The summed E-state index contributed by atoms with van der Waals surface area (Å²) < 4.78 is 4.94. The number of terminal acetylenes is 2. The third-order valence-corrected chi connectivity index (χ3v) is 4.10. The van der Waals surface area contributed by atoms with Gasteiger partial charge in [-0.3, -0.25) is 14.4 Å². The molecule has 1 heterocycles. The van der Waals surface area contributed by atoms with E-state index in [9.17, 15) is 19.5 Å². The van der Waals surface area contributed by atoms with Crippen LogP contribution in [0.4, 0.5) is 0 Å². The van der Waals surface area contributed by atoms with Crippen LogP contribution in [0.15, 0.2) is 24.8 Å². The van der Waals surface area contributed by atoms with Crippen LogP contribution in [0, 0.1) is 31.6 Å². The summed E-state index contributed by atoms with van der Waals surface area (Å²) in [7, 11) is 1.71. The van der Waals surface area contributed by atoms with E-state index in [4.69, 9.17) is 4.74 Å². The molecule has 0 unspecified atom stereocenters. The molecule has 8 heteroatoms. The second kappa shape index (κ2) is 36.9. The molecule has 1 saturated carbocycles. The molecule has 3 amide bonds. The number of ether oxygens (including phenoxy) is 1. The van der Waals surface area contributed by atoms with Crippen molar-refractivity contribution >= 4 is 18.2 Å². The molecule has 2 rings (SSSR count). The van der Waals surface area contributed by atoms with Crippen LogP contribution in [0.25, 0.3) is 0 Å². The number of methoxy groups -OCH3 is 1. The molecule has 240 valence electrons. The highest BCUT2D eigenvalue weighted by Gasteiger charge is 2.40. The smallest absolute Gasteiger partial charge is 0.243 e. The number of amides is 3. The van der Waals surface area contributed by atoms with Gasteiger partial charge in [0.25, 0.3) is 0 Å². The van der Waals surface area contributed by atoms with E-state index < -0.39 is 12.1 Å². The average Bonchev–Trinajstić information content (AvgIpc) is 3.69. The Kier molecular flexibility index (Phi) is 45.7. The quantitative estimate of drug-likeness (QED) is 0.222. The number of nitrogens with one attached hydrogen (secondary N) is 2. The number of likely N-dealkylation sites (tertiary alicyclic amines) is 1. The number of rotatable bonds is 6. The summed E-state index contributed by atoms with van der Waals surface area (Å²) in [6.07, 6.45) is 23.5. The van der Waals surface area contributed by atoms with Crippen molar-refractivity contribution in [2.75, 3.05) is 20.2 Å². The second-order valence-electron chi connectivity index (χ2n) is 9.54. The molecule has 2 aliphatic rings. The minimum Gasteiger partial charge on any atom is -0.391 e. The van der Waals surface area contributed by atoms with Crippen molar-refractivity contribution in [1.82, 2.24) is 15.5 Å². The van der Waals surface area contributed by atoms with Crippen molar-refractivity contribution in [2.24, 2.45) is 5.92 Å². The van der Waals surface area contributed by atoms with Gasteiger partial charge in [0.15, 0.2) is 0 Å². The lowest BCUT2D eigenvalue weighted by molar-refractivity contribution is -0.138. The van der Waals surface area contributed by atoms with Gasteiger partial charge in [0.1, 0.15) is 6.04 Å². The lowest BCUT2D eigenvalue weighted by Gasteiger charge is -2.23. The molecule has 0 aromatic rings. The first-order chi connectivity index (χ1) is 19.3. The number of hydrogen-bond donors (Lipinski definition) is 3. The number of carbonyl (C=O) groups excluding carboxylic acids is 3. The Labute approximate surface area is 253 Å². The Morgan fingerprint density at radius 1 is 1.07 bits per heavy atom. The Morgan fingerprint density at radius 2 is 1.49 bits per heavy atom. The van der Waals surface area contributed by atoms with Gasteiger partial charge in [-0.2, -0.15) is 0 Å². The van der Waals surface area contributed by atoms with Crippen LogP contribution in [0.2, 0.25) is 0 Å². The normalized spacial score (nSPS) is 15.9. The highest BCUT2D eigenvalue weighted by molar-refractivity contribution is 5.89. The Balaban J connectivity index is -0.000000111. The van der Waals surface area contributed by atoms with Crippen LogP contribution in [0.5, 0.6) is 0 Å². The van der Waals surface area contributed by atoms with Crippen molar-refractivity contribution in [1.29, 1.82) is 0 Å². The third kappa shape index (κ3) is 41.6. The fourth-order valence-corrected chi connectivity index (χ4v) is 2.23. The fraction of sp³-hybridized carbons (Fsp3) is 0.667. The standard InChI is InChI=1S/C11H17N3O4.C5H12O.C5H8.C4H10.2C2H6.2C2H2/c15-6-12-4-10(17)14-5-8(16)3-9(14)11(18)13-7-1-2-7;1-5(2,3)6-4;1-3-5-4-2;1-4(2)3;4*1-2/h6-9,16H,1-5H2,(H,12,15)(H,13,18);1-4H3;3-5H,1H2,2H3;4H,1-3H3;2*1-2H3;2*1-2H/b;;5-4-;;;;;/t8-,9-;;;;;;;/m0......./s1. The predicted molar refractivity (Wildman–Crippen MR) is 176 cm³/mol. The van der Waals surface area contributed by atoms with E-state index in [1.807, 2.05) is 67.5 Å². The minimum atomic E-state index is -0.680. The summed E-state index contributed by atoms with van der Waals surface area (Å²) in [6, 6.07) is -0.401. The predicted octanol–water partition coefficient (Wildman–Crippen LogP) is 5.37. The van der Waals surface area contributed by atoms with E-state index in [1.165, 1.54) is 4.90 Å². The SMILES string of the molecule is C#C.C#C.C=C/C=C\C.CC.CC.CC(C)C.COC(C)(C)C.O=CNCC(=O)N1C[C@@H](O)C[C@H]1C(=O)NC1CC1. The molecule has 1 aliphatic heterocycles. The molecule has 0 spiro atoms. The van der Waals surface area contributed by atoms with Crippen molar-refractivity contribution in [3.05, 3.63) is 24.8 Å². The maximum atomic E-state index is 11.9. The average molecular weight is 582 g/mol. The van der Waals surface area contributed by atoms with Crippen LogP contribution < -0.4 is 10.6 Å². The van der Waals surface area contributed by atoms with Crippen molar-refractivity contribution in [3.8, 4) is 25.7 Å². The third-order valence-electron chi connectivity index (χ3n) is 4.10. The van der Waals surface area contributed by atoms with Crippen LogP contribution in [0.3, 0.4) is 0 Å². The summed E-state index contributed by atoms with van der Waals surface area (Å²) >= 11 is 0. The summed E-state index contributed by atoms with van der Waals surface area (Å²) in [6.45, 7) is 26.0. The van der Waals surface area contributed by atoms with Crippen molar-refractivity contribution in [3.63, 3.8) is 0 Å². The monoisotopic (exact) mass is 581 g/mol. The van der Waals surface area contributed by atoms with Crippen molar-refractivity contribution in [2.45, 2.75) is 119 Å².